The lowest BCUT2D eigenvalue weighted by Crippen LogP contribution is -1.87. The predicted octanol–water partition coefficient (Wildman–Crippen LogP) is 0.954. The second-order valence-corrected chi connectivity index (χ2v) is 3.44. The van der Waals surface area contributed by atoms with Crippen LogP contribution in [-0.2, 0) is 13.0 Å². The number of fused-ring (bicyclic) bond motifs is 1. The Kier molecular flexibility index (Phi) is 2.00. The van der Waals surface area contributed by atoms with E-state index in [2.05, 4.69) is 11.1 Å². The minimum absolute atomic E-state index is 0.00233. The largest absolute Gasteiger partial charge is 0.390 e. The Balaban J connectivity index is 2.57. The molecule has 0 aromatic carbocycles. The minimum Gasteiger partial charge on any atom is -0.390 e. The summed E-state index contributed by atoms with van der Waals surface area (Å²) in [5.74, 6) is 0. The summed E-state index contributed by atoms with van der Waals surface area (Å²) in [7, 11) is 0. The van der Waals surface area contributed by atoms with Gasteiger partial charge in [0.1, 0.15) is 11.2 Å². The van der Waals surface area contributed by atoms with E-state index < -0.39 is 0 Å². The molecule has 0 unspecified atom stereocenters. The maximum atomic E-state index is 8.96. The quantitative estimate of drug-likeness (QED) is 0.772. The van der Waals surface area contributed by atoms with Crippen molar-refractivity contribution in [3.8, 4) is 6.07 Å². The third-order valence-electron chi connectivity index (χ3n) is 1.82. The van der Waals surface area contributed by atoms with Gasteiger partial charge in [-0.3, -0.25) is 4.40 Å². The molecule has 2 aromatic rings. The van der Waals surface area contributed by atoms with E-state index in [-0.39, 0.29) is 6.61 Å². The summed E-state index contributed by atoms with van der Waals surface area (Å²) in [6, 6.07) is 2.06. The molecule has 0 radical (unpaired) electrons. The van der Waals surface area contributed by atoms with Crippen molar-refractivity contribution in [3.05, 3.63) is 23.1 Å². The molecule has 0 bridgehead atoms. The van der Waals surface area contributed by atoms with Gasteiger partial charge in [-0.2, -0.15) is 5.26 Å². The van der Waals surface area contributed by atoms with E-state index in [9.17, 15) is 0 Å². The number of nitrogens with zero attached hydrogens (tertiary/aromatic N) is 3. The Morgan fingerprint density at radius 2 is 2.54 bits per heavy atom. The summed E-state index contributed by atoms with van der Waals surface area (Å²) in [5, 5.41) is 19.3. The van der Waals surface area contributed by atoms with Crippen molar-refractivity contribution >= 4 is 16.2 Å². The molecule has 5 heteroatoms. The summed E-state index contributed by atoms with van der Waals surface area (Å²) in [5.41, 5.74) is 1.60. The summed E-state index contributed by atoms with van der Waals surface area (Å²) in [6.07, 6.45) is 1.96. The Morgan fingerprint density at radius 1 is 1.69 bits per heavy atom. The maximum Gasteiger partial charge on any atom is 0.124 e. The van der Waals surface area contributed by atoms with Gasteiger partial charge in [0, 0.05) is 5.38 Å². The monoisotopic (exact) mass is 193 g/mol. The molecular weight excluding hydrogens is 186 g/mol. The fraction of sp³-hybridized carbons (Fsp3) is 0.250. The standard InChI is InChI=1S/C8H7N3OS/c9-2-1-7-8-11(5-10-7)6(3-12)4-13-8/h4-5,12H,1,3H2. The second-order valence-electron chi connectivity index (χ2n) is 2.59. The van der Waals surface area contributed by atoms with Crippen LogP contribution >= 0.6 is 11.3 Å². The molecule has 66 valence electrons. The van der Waals surface area contributed by atoms with Crippen LogP contribution in [0.1, 0.15) is 11.4 Å². The minimum atomic E-state index is 0.00233. The van der Waals surface area contributed by atoms with E-state index in [1.54, 1.807) is 6.33 Å². The molecule has 0 spiro atoms. The Morgan fingerprint density at radius 3 is 3.23 bits per heavy atom. The van der Waals surface area contributed by atoms with Crippen LogP contribution in [0.25, 0.3) is 4.83 Å². The van der Waals surface area contributed by atoms with Crippen LogP contribution in [-0.4, -0.2) is 14.5 Å². The zero-order valence-corrected chi connectivity index (χ0v) is 7.58. The van der Waals surface area contributed by atoms with E-state index in [0.29, 0.717) is 6.42 Å². The molecule has 0 aliphatic carbocycles. The van der Waals surface area contributed by atoms with Crippen LogP contribution in [0.2, 0.25) is 0 Å². The molecule has 13 heavy (non-hydrogen) atoms. The lowest BCUT2D eigenvalue weighted by atomic mass is 10.4. The van der Waals surface area contributed by atoms with Gasteiger partial charge in [-0.05, 0) is 0 Å². The Hall–Kier alpha value is -1.38. The van der Waals surface area contributed by atoms with Crippen molar-refractivity contribution in [2.24, 2.45) is 0 Å². The number of nitriles is 1. The topological polar surface area (TPSA) is 61.3 Å². The molecular formula is C8H7N3OS. The highest BCUT2D eigenvalue weighted by Crippen LogP contribution is 2.20. The number of hydrogen-bond donors (Lipinski definition) is 1. The Labute approximate surface area is 78.7 Å². The lowest BCUT2D eigenvalue weighted by molar-refractivity contribution is 0.276. The number of rotatable bonds is 2. The van der Waals surface area contributed by atoms with E-state index >= 15 is 0 Å². The zero-order chi connectivity index (χ0) is 9.26. The summed E-state index contributed by atoms with van der Waals surface area (Å²) in [4.78, 5) is 5.04. The van der Waals surface area contributed by atoms with Gasteiger partial charge in [0.25, 0.3) is 0 Å². The first-order chi connectivity index (χ1) is 6.36. The van der Waals surface area contributed by atoms with Crippen molar-refractivity contribution in [1.29, 1.82) is 5.26 Å². The van der Waals surface area contributed by atoms with Gasteiger partial charge in [-0.15, -0.1) is 11.3 Å². The maximum absolute atomic E-state index is 8.96. The molecule has 4 nitrogen and oxygen atoms in total. The van der Waals surface area contributed by atoms with Gasteiger partial charge in [0.2, 0.25) is 0 Å². The van der Waals surface area contributed by atoms with E-state index in [0.717, 1.165) is 16.2 Å². The SMILES string of the molecule is N#CCc1ncn2c(CO)csc12. The van der Waals surface area contributed by atoms with Crippen molar-refractivity contribution in [3.63, 3.8) is 0 Å². The van der Waals surface area contributed by atoms with E-state index in [1.165, 1.54) is 11.3 Å². The molecule has 0 atom stereocenters. The van der Waals surface area contributed by atoms with Crippen LogP contribution in [0.5, 0.6) is 0 Å². The average Bonchev–Trinajstić information content (AvgIpc) is 2.68. The van der Waals surface area contributed by atoms with Crippen molar-refractivity contribution in [2.75, 3.05) is 0 Å². The molecule has 0 amide bonds. The highest BCUT2D eigenvalue weighted by molar-refractivity contribution is 7.15. The molecule has 0 saturated heterocycles. The van der Waals surface area contributed by atoms with E-state index in [1.807, 2.05) is 9.78 Å². The van der Waals surface area contributed by atoms with Crippen LogP contribution in [0, 0.1) is 11.3 Å². The van der Waals surface area contributed by atoms with Crippen molar-refractivity contribution in [2.45, 2.75) is 13.0 Å². The van der Waals surface area contributed by atoms with Gasteiger partial charge < -0.3 is 5.11 Å². The van der Waals surface area contributed by atoms with Crippen LogP contribution < -0.4 is 0 Å². The summed E-state index contributed by atoms with van der Waals surface area (Å²) < 4.78 is 1.82. The fourth-order valence-electron chi connectivity index (χ4n) is 1.19. The number of aliphatic hydroxyl groups is 1. The predicted molar refractivity (Wildman–Crippen MR) is 48.3 cm³/mol. The smallest absolute Gasteiger partial charge is 0.124 e. The molecule has 0 fully saturated rings. The van der Waals surface area contributed by atoms with E-state index in [4.69, 9.17) is 10.4 Å². The third kappa shape index (κ3) is 1.20. The first-order valence-corrected chi connectivity index (χ1v) is 4.65. The van der Waals surface area contributed by atoms with Crippen LogP contribution in [0.3, 0.4) is 0 Å². The van der Waals surface area contributed by atoms with Gasteiger partial charge in [0.05, 0.1) is 30.5 Å². The van der Waals surface area contributed by atoms with Gasteiger partial charge in [-0.25, -0.2) is 4.98 Å². The van der Waals surface area contributed by atoms with Gasteiger partial charge >= 0.3 is 0 Å². The number of thiazole rings is 1. The molecule has 1 N–H and O–H groups in total. The first-order valence-electron chi connectivity index (χ1n) is 3.77. The highest BCUT2D eigenvalue weighted by Gasteiger charge is 2.08. The summed E-state index contributed by atoms with van der Waals surface area (Å²) in [6.45, 7) is 0.00233. The number of aliphatic hydroxyl groups excluding tert-OH is 1. The third-order valence-corrected chi connectivity index (χ3v) is 2.86. The average molecular weight is 193 g/mol. The second kappa shape index (κ2) is 3.17. The van der Waals surface area contributed by atoms with Crippen LogP contribution in [0.4, 0.5) is 0 Å². The summed E-state index contributed by atoms with van der Waals surface area (Å²) >= 11 is 1.50. The zero-order valence-electron chi connectivity index (χ0n) is 6.77. The highest BCUT2D eigenvalue weighted by atomic mass is 32.1. The normalized spacial score (nSPS) is 10.5. The lowest BCUT2D eigenvalue weighted by Gasteiger charge is -1.89. The van der Waals surface area contributed by atoms with Crippen molar-refractivity contribution < 1.29 is 5.11 Å². The molecule has 2 rings (SSSR count). The fourth-order valence-corrected chi connectivity index (χ4v) is 2.17. The van der Waals surface area contributed by atoms with Crippen molar-refractivity contribution in [1.82, 2.24) is 9.38 Å². The van der Waals surface area contributed by atoms with Gasteiger partial charge in [0.15, 0.2) is 0 Å². The van der Waals surface area contributed by atoms with Crippen LogP contribution in [0.15, 0.2) is 11.7 Å². The number of aromatic nitrogens is 2. The molecule has 2 aromatic heterocycles. The Bertz CT molecular complexity index is 465. The molecule has 2 heterocycles. The number of imidazole rings is 1. The molecule has 0 saturated carbocycles. The molecule has 0 aliphatic heterocycles. The van der Waals surface area contributed by atoms with Gasteiger partial charge in [-0.1, -0.05) is 0 Å². The first kappa shape index (κ1) is 8.23. The molecule has 0 aliphatic rings. The number of hydrogen-bond acceptors (Lipinski definition) is 4.